The third-order valence-electron chi connectivity index (χ3n) is 1.68. The molecule has 0 atom stereocenters. The largest absolute Gasteiger partial charge is 0.265 e. The molecule has 0 spiro atoms. The van der Waals surface area contributed by atoms with Crippen molar-refractivity contribution in [2.24, 2.45) is 0 Å². The van der Waals surface area contributed by atoms with Crippen LogP contribution in [-0.2, 0) is 6.42 Å². The molecule has 0 aliphatic heterocycles. The van der Waals surface area contributed by atoms with E-state index in [1.807, 2.05) is 0 Å². The molecule has 0 heterocycles. The zero-order valence-electron chi connectivity index (χ0n) is 6.97. The average molecular weight is 266 g/mol. The van der Waals surface area contributed by atoms with Crippen LogP contribution in [0.2, 0.25) is 0 Å². The number of nitrogens with zero attached hydrogens (tertiary/aromatic N) is 1. The van der Waals surface area contributed by atoms with Gasteiger partial charge in [-0.25, -0.2) is 8.78 Å². The number of rotatable bonds is 3. The maximum Gasteiger partial charge on any atom is 0.208 e. The van der Waals surface area contributed by atoms with Crippen molar-refractivity contribution in [1.29, 1.82) is 0 Å². The summed E-state index contributed by atoms with van der Waals surface area (Å²) in [6, 6.07) is 2.28. The van der Waals surface area contributed by atoms with Crippen molar-refractivity contribution in [3.05, 3.63) is 43.9 Å². The fourth-order valence-corrected chi connectivity index (χ4v) is 1.36. The summed E-state index contributed by atoms with van der Waals surface area (Å²) in [5, 5.41) is 10.0. The molecular formula is C8H6BrF2NO2. The van der Waals surface area contributed by atoms with Gasteiger partial charge in [-0.05, 0) is 27.6 Å². The highest BCUT2D eigenvalue weighted by molar-refractivity contribution is 9.10. The Bertz CT molecular complexity index is 371. The summed E-state index contributed by atoms with van der Waals surface area (Å²) in [5.74, 6) is -1.49. The van der Waals surface area contributed by atoms with E-state index in [4.69, 9.17) is 0 Å². The lowest BCUT2D eigenvalue weighted by Crippen LogP contribution is -2.06. The van der Waals surface area contributed by atoms with Gasteiger partial charge in [-0.2, -0.15) is 0 Å². The molecule has 6 heteroatoms. The Morgan fingerprint density at radius 1 is 1.43 bits per heavy atom. The molecule has 14 heavy (non-hydrogen) atoms. The Balaban J connectivity index is 2.88. The average Bonchev–Trinajstić information content (AvgIpc) is 2.13. The summed E-state index contributed by atoms with van der Waals surface area (Å²) >= 11 is 2.72. The molecule has 0 radical (unpaired) electrons. The molecule has 0 saturated heterocycles. The van der Waals surface area contributed by atoms with Crippen LogP contribution in [0.4, 0.5) is 8.78 Å². The lowest BCUT2D eigenvalue weighted by Gasteiger charge is -2.02. The third-order valence-corrected chi connectivity index (χ3v) is 2.41. The minimum Gasteiger partial charge on any atom is -0.265 e. The van der Waals surface area contributed by atoms with E-state index in [0.29, 0.717) is 0 Å². The van der Waals surface area contributed by atoms with Crippen LogP contribution in [0, 0.1) is 21.7 Å². The molecule has 0 amide bonds. The van der Waals surface area contributed by atoms with E-state index in [2.05, 4.69) is 15.9 Å². The molecule has 3 nitrogen and oxygen atoms in total. The first-order valence-corrected chi connectivity index (χ1v) is 4.56. The molecule has 76 valence electrons. The topological polar surface area (TPSA) is 43.1 Å². The summed E-state index contributed by atoms with van der Waals surface area (Å²) in [4.78, 5) is 9.49. The number of benzene rings is 1. The second-order valence-corrected chi connectivity index (χ2v) is 3.43. The Morgan fingerprint density at radius 3 is 2.64 bits per heavy atom. The monoisotopic (exact) mass is 265 g/mol. The van der Waals surface area contributed by atoms with Crippen molar-refractivity contribution >= 4 is 15.9 Å². The van der Waals surface area contributed by atoms with Crippen LogP contribution >= 0.6 is 15.9 Å². The standard InChI is InChI=1S/C8H6BrF2NO2/c9-7-6(10)2-1-5(8(7)11)3-4-12(13)14/h1-2H,3-4H2. The second-order valence-electron chi connectivity index (χ2n) is 2.64. The van der Waals surface area contributed by atoms with Crippen molar-refractivity contribution in [3.8, 4) is 0 Å². The molecule has 1 aromatic rings. The van der Waals surface area contributed by atoms with Gasteiger partial charge in [0, 0.05) is 11.3 Å². The van der Waals surface area contributed by atoms with Gasteiger partial charge in [-0.15, -0.1) is 0 Å². The fraction of sp³-hybridized carbons (Fsp3) is 0.250. The van der Waals surface area contributed by atoms with E-state index >= 15 is 0 Å². The Kier molecular flexibility index (Phi) is 3.51. The van der Waals surface area contributed by atoms with Crippen molar-refractivity contribution in [2.45, 2.75) is 6.42 Å². The van der Waals surface area contributed by atoms with Gasteiger partial charge >= 0.3 is 0 Å². The van der Waals surface area contributed by atoms with Crippen LogP contribution in [0.25, 0.3) is 0 Å². The third kappa shape index (κ3) is 2.47. The number of hydrogen-bond donors (Lipinski definition) is 0. The molecule has 0 bridgehead atoms. The highest BCUT2D eigenvalue weighted by Gasteiger charge is 2.12. The van der Waals surface area contributed by atoms with Crippen LogP contribution in [0.15, 0.2) is 16.6 Å². The van der Waals surface area contributed by atoms with Gasteiger partial charge in [-0.1, -0.05) is 6.07 Å². The molecule has 0 saturated carbocycles. The summed E-state index contributed by atoms with van der Waals surface area (Å²) in [7, 11) is 0. The lowest BCUT2D eigenvalue weighted by atomic mass is 10.1. The quantitative estimate of drug-likeness (QED) is 0.479. The van der Waals surface area contributed by atoms with Gasteiger partial charge in [0.1, 0.15) is 11.6 Å². The van der Waals surface area contributed by atoms with Gasteiger partial charge in [-0.3, -0.25) is 10.1 Å². The van der Waals surface area contributed by atoms with Crippen LogP contribution in [0.5, 0.6) is 0 Å². The summed E-state index contributed by atoms with van der Waals surface area (Å²) in [5.41, 5.74) is 0.134. The fourth-order valence-electron chi connectivity index (χ4n) is 0.971. The van der Waals surface area contributed by atoms with E-state index in [1.165, 1.54) is 6.07 Å². The van der Waals surface area contributed by atoms with E-state index in [0.717, 1.165) is 6.07 Å². The molecule has 0 N–H and O–H groups in total. The molecule has 1 aromatic carbocycles. The SMILES string of the molecule is O=[N+]([O-])CCc1ccc(F)c(Br)c1F. The number of nitro groups is 1. The zero-order chi connectivity index (χ0) is 10.7. The number of hydrogen-bond acceptors (Lipinski definition) is 2. The highest BCUT2D eigenvalue weighted by Crippen LogP contribution is 2.22. The van der Waals surface area contributed by atoms with Gasteiger partial charge < -0.3 is 0 Å². The molecule has 1 rings (SSSR count). The number of halogens is 3. The Morgan fingerprint density at radius 2 is 2.07 bits per heavy atom. The molecule has 0 unspecified atom stereocenters. The predicted molar refractivity (Wildman–Crippen MR) is 49.6 cm³/mol. The molecule has 0 aliphatic carbocycles. The van der Waals surface area contributed by atoms with E-state index in [1.54, 1.807) is 0 Å². The normalized spacial score (nSPS) is 10.2. The zero-order valence-corrected chi connectivity index (χ0v) is 8.55. The van der Waals surface area contributed by atoms with Crippen LogP contribution < -0.4 is 0 Å². The minimum atomic E-state index is -0.771. The van der Waals surface area contributed by atoms with Gasteiger partial charge in [0.05, 0.1) is 4.47 Å². The van der Waals surface area contributed by atoms with E-state index in [-0.39, 0.29) is 23.0 Å². The van der Waals surface area contributed by atoms with E-state index < -0.39 is 16.6 Å². The summed E-state index contributed by atoms with van der Waals surface area (Å²) in [6.07, 6.45) is -0.0439. The molecule has 0 aliphatic rings. The molecule has 0 fully saturated rings. The molecule has 0 aromatic heterocycles. The first kappa shape index (κ1) is 11.0. The van der Waals surface area contributed by atoms with Gasteiger partial charge in [0.25, 0.3) is 0 Å². The van der Waals surface area contributed by atoms with Crippen molar-refractivity contribution in [2.75, 3.05) is 6.54 Å². The first-order valence-electron chi connectivity index (χ1n) is 3.76. The maximum absolute atomic E-state index is 13.2. The van der Waals surface area contributed by atoms with Crippen molar-refractivity contribution in [3.63, 3.8) is 0 Å². The van der Waals surface area contributed by atoms with Crippen LogP contribution in [-0.4, -0.2) is 11.5 Å². The highest BCUT2D eigenvalue weighted by atomic mass is 79.9. The van der Waals surface area contributed by atoms with Gasteiger partial charge in [0.15, 0.2) is 0 Å². The maximum atomic E-state index is 13.2. The minimum absolute atomic E-state index is 0.0439. The predicted octanol–water partition coefficient (Wildman–Crippen LogP) is 2.55. The summed E-state index contributed by atoms with van der Waals surface area (Å²) < 4.78 is 25.7. The molecular weight excluding hydrogens is 260 g/mol. The summed E-state index contributed by atoms with van der Waals surface area (Å²) in [6.45, 7) is -0.366. The van der Waals surface area contributed by atoms with Gasteiger partial charge in [0.2, 0.25) is 6.54 Å². The Hall–Kier alpha value is -1.04. The lowest BCUT2D eigenvalue weighted by molar-refractivity contribution is -0.479. The van der Waals surface area contributed by atoms with E-state index in [9.17, 15) is 18.9 Å². The van der Waals surface area contributed by atoms with Crippen LogP contribution in [0.3, 0.4) is 0 Å². The smallest absolute Gasteiger partial charge is 0.208 e. The van der Waals surface area contributed by atoms with Crippen molar-refractivity contribution < 1.29 is 13.7 Å². The van der Waals surface area contributed by atoms with Crippen LogP contribution in [0.1, 0.15) is 5.56 Å². The Labute approximate surface area is 87.0 Å². The first-order chi connectivity index (χ1) is 6.52. The van der Waals surface area contributed by atoms with Crippen molar-refractivity contribution in [1.82, 2.24) is 0 Å². The second kappa shape index (κ2) is 4.45.